The van der Waals surface area contributed by atoms with E-state index in [4.69, 9.17) is 11.6 Å². The minimum Gasteiger partial charge on any atom is -0.269 e. The third-order valence-corrected chi connectivity index (χ3v) is 3.73. The highest BCUT2D eigenvalue weighted by atomic mass is 35.5. The molecule has 0 bridgehead atoms. The van der Waals surface area contributed by atoms with Crippen molar-refractivity contribution in [3.63, 3.8) is 0 Å². The molecule has 3 rings (SSSR count). The molecule has 1 aliphatic carbocycles. The molecule has 1 saturated carbocycles. The first kappa shape index (κ1) is 11.7. The van der Waals surface area contributed by atoms with Crippen molar-refractivity contribution in [2.45, 2.75) is 44.1 Å². The van der Waals surface area contributed by atoms with Crippen LogP contribution in [-0.2, 0) is 12.4 Å². The van der Waals surface area contributed by atoms with Crippen LogP contribution in [0.3, 0.4) is 0 Å². The molecule has 0 unspecified atom stereocenters. The zero-order chi connectivity index (χ0) is 12.4. The quantitative estimate of drug-likeness (QED) is 0.798. The van der Waals surface area contributed by atoms with Crippen molar-refractivity contribution in [1.29, 1.82) is 0 Å². The lowest BCUT2D eigenvalue weighted by molar-refractivity contribution is 0.460. The Morgan fingerprint density at radius 1 is 1.33 bits per heavy atom. The molecule has 1 fully saturated rings. The van der Waals surface area contributed by atoms with Crippen LogP contribution >= 0.6 is 11.6 Å². The van der Waals surface area contributed by atoms with Gasteiger partial charge in [-0.3, -0.25) is 4.68 Å². The fourth-order valence-corrected chi connectivity index (χ4v) is 2.72. The van der Waals surface area contributed by atoms with E-state index in [-0.39, 0.29) is 0 Å². The molecule has 0 spiro atoms. The van der Waals surface area contributed by atoms with Gasteiger partial charge in [0.1, 0.15) is 12.2 Å². The van der Waals surface area contributed by atoms with Crippen LogP contribution in [0.1, 0.15) is 43.2 Å². The molecule has 18 heavy (non-hydrogen) atoms. The number of hydrogen-bond donors (Lipinski definition) is 0. The monoisotopic (exact) mass is 265 g/mol. The van der Waals surface area contributed by atoms with Gasteiger partial charge in [-0.25, -0.2) is 9.67 Å². The van der Waals surface area contributed by atoms with Gasteiger partial charge >= 0.3 is 0 Å². The standard InChI is InChI=1S/C12H16ClN5/c13-7-12-14-9-15-18(12)8-10-5-6-17(16-10)11-3-1-2-4-11/h5-6,9,11H,1-4,7-8H2. The van der Waals surface area contributed by atoms with Gasteiger partial charge in [0.2, 0.25) is 0 Å². The van der Waals surface area contributed by atoms with Crippen LogP contribution in [0, 0.1) is 0 Å². The minimum absolute atomic E-state index is 0.378. The van der Waals surface area contributed by atoms with Crippen molar-refractivity contribution < 1.29 is 0 Å². The predicted octanol–water partition coefficient (Wildman–Crippen LogP) is 2.38. The van der Waals surface area contributed by atoms with E-state index in [2.05, 4.69) is 32.1 Å². The third-order valence-electron chi connectivity index (χ3n) is 3.49. The largest absolute Gasteiger partial charge is 0.269 e. The number of alkyl halides is 1. The summed E-state index contributed by atoms with van der Waals surface area (Å²) in [5.74, 6) is 1.16. The molecule has 2 heterocycles. The summed E-state index contributed by atoms with van der Waals surface area (Å²) in [5, 5.41) is 8.79. The lowest BCUT2D eigenvalue weighted by Gasteiger charge is -2.08. The molecule has 6 heteroatoms. The summed E-state index contributed by atoms with van der Waals surface area (Å²) in [5.41, 5.74) is 1.01. The molecule has 0 atom stereocenters. The topological polar surface area (TPSA) is 48.5 Å². The second-order valence-electron chi connectivity index (χ2n) is 4.69. The van der Waals surface area contributed by atoms with Gasteiger partial charge in [-0.2, -0.15) is 10.2 Å². The Labute approximate surface area is 111 Å². The van der Waals surface area contributed by atoms with E-state index in [9.17, 15) is 0 Å². The van der Waals surface area contributed by atoms with E-state index in [0.717, 1.165) is 11.5 Å². The molecular weight excluding hydrogens is 250 g/mol. The molecule has 1 aliphatic rings. The van der Waals surface area contributed by atoms with Crippen LogP contribution in [0.2, 0.25) is 0 Å². The van der Waals surface area contributed by atoms with Crippen molar-refractivity contribution in [2.24, 2.45) is 0 Å². The molecule has 5 nitrogen and oxygen atoms in total. The number of aromatic nitrogens is 5. The van der Waals surface area contributed by atoms with E-state index in [1.165, 1.54) is 32.0 Å². The average Bonchev–Trinajstić information content (AvgIpc) is 3.10. The van der Waals surface area contributed by atoms with Gasteiger partial charge < -0.3 is 0 Å². The van der Waals surface area contributed by atoms with Crippen molar-refractivity contribution in [3.05, 3.63) is 30.1 Å². The summed E-state index contributed by atoms with van der Waals surface area (Å²) in [7, 11) is 0. The van der Waals surface area contributed by atoms with Crippen molar-refractivity contribution in [3.8, 4) is 0 Å². The Bertz CT molecular complexity index is 512. The number of rotatable bonds is 4. The Balaban J connectivity index is 1.73. The maximum absolute atomic E-state index is 5.80. The lowest BCUT2D eigenvalue weighted by atomic mass is 10.3. The van der Waals surface area contributed by atoms with E-state index in [0.29, 0.717) is 18.5 Å². The van der Waals surface area contributed by atoms with Gasteiger partial charge in [-0.1, -0.05) is 12.8 Å². The molecular formula is C12H16ClN5. The normalized spacial score (nSPS) is 16.5. The van der Waals surface area contributed by atoms with E-state index in [1.807, 2.05) is 0 Å². The molecule has 0 aliphatic heterocycles. The average molecular weight is 266 g/mol. The van der Waals surface area contributed by atoms with Crippen molar-refractivity contribution in [1.82, 2.24) is 24.5 Å². The highest BCUT2D eigenvalue weighted by molar-refractivity contribution is 6.16. The minimum atomic E-state index is 0.378. The number of nitrogens with zero attached hydrogens (tertiary/aromatic N) is 5. The first-order valence-electron chi connectivity index (χ1n) is 6.33. The van der Waals surface area contributed by atoms with Crippen LogP contribution in [0.5, 0.6) is 0 Å². The second kappa shape index (κ2) is 5.10. The summed E-state index contributed by atoms with van der Waals surface area (Å²) in [6.07, 6.45) is 8.74. The van der Waals surface area contributed by atoms with Gasteiger partial charge in [0, 0.05) is 6.20 Å². The Morgan fingerprint density at radius 2 is 2.17 bits per heavy atom. The van der Waals surface area contributed by atoms with Crippen LogP contribution in [0.4, 0.5) is 0 Å². The van der Waals surface area contributed by atoms with Gasteiger partial charge in [-0.05, 0) is 18.9 Å². The molecule has 0 aromatic carbocycles. The van der Waals surface area contributed by atoms with Crippen LogP contribution in [-0.4, -0.2) is 24.5 Å². The molecule has 2 aromatic rings. The molecule has 0 N–H and O–H groups in total. The first-order chi connectivity index (χ1) is 8.86. The second-order valence-corrected chi connectivity index (χ2v) is 4.96. The smallest absolute Gasteiger partial charge is 0.142 e. The zero-order valence-corrected chi connectivity index (χ0v) is 10.9. The Morgan fingerprint density at radius 3 is 2.94 bits per heavy atom. The van der Waals surface area contributed by atoms with E-state index in [1.54, 1.807) is 4.68 Å². The summed E-state index contributed by atoms with van der Waals surface area (Å²) in [4.78, 5) is 4.10. The van der Waals surface area contributed by atoms with E-state index < -0.39 is 0 Å². The maximum atomic E-state index is 5.80. The molecule has 96 valence electrons. The zero-order valence-electron chi connectivity index (χ0n) is 10.2. The molecule has 0 radical (unpaired) electrons. The maximum Gasteiger partial charge on any atom is 0.142 e. The summed E-state index contributed by atoms with van der Waals surface area (Å²) in [6.45, 7) is 0.641. The fourth-order valence-electron chi connectivity index (χ4n) is 2.51. The fraction of sp³-hybridized carbons (Fsp3) is 0.583. The molecule has 2 aromatic heterocycles. The Hall–Kier alpha value is -1.36. The first-order valence-corrected chi connectivity index (χ1v) is 6.87. The van der Waals surface area contributed by atoms with Crippen LogP contribution in [0.25, 0.3) is 0 Å². The highest BCUT2D eigenvalue weighted by Gasteiger charge is 2.17. The molecule has 0 saturated heterocycles. The van der Waals surface area contributed by atoms with E-state index >= 15 is 0 Å². The SMILES string of the molecule is ClCc1ncnn1Cc1ccn(C2CCCC2)n1. The summed E-state index contributed by atoms with van der Waals surface area (Å²) < 4.78 is 3.90. The highest BCUT2D eigenvalue weighted by Crippen LogP contribution is 2.28. The van der Waals surface area contributed by atoms with Crippen molar-refractivity contribution >= 4 is 11.6 Å². The van der Waals surface area contributed by atoms with Gasteiger partial charge in [0.15, 0.2) is 0 Å². The predicted molar refractivity (Wildman–Crippen MR) is 68.4 cm³/mol. The number of halogens is 1. The third kappa shape index (κ3) is 2.27. The summed E-state index contributed by atoms with van der Waals surface area (Å²) >= 11 is 5.80. The summed E-state index contributed by atoms with van der Waals surface area (Å²) in [6, 6.07) is 2.64. The van der Waals surface area contributed by atoms with Gasteiger partial charge in [0.25, 0.3) is 0 Å². The Kier molecular flexibility index (Phi) is 3.32. The van der Waals surface area contributed by atoms with Crippen LogP contribution < -0.4 is 0 Å². The number of hydrogen-bond acceptors (Lipinski definition) is 3. The van der Waals surface area contributed by atoms with Gasteiger partial charge in [-0.15, -0.1) is 11.6 Å². The van der Waals surface area contributed by atoms with Gasteiger partial charge in [0.05, 0.1) is 24.2 Å². The van der Waals surface area contributed by atoms with Crippen molar-refractivity contribution in [2.75, 3.05) is 0 Å². The van der Waals surface area contributed by atoms with Crippen LogP contribution in [0.15, 0.2) is 18.6 Å². The lowest BCUT2D eigenvalue weighted by Crippen LogP contribution is -2.09. The molecule has 0 amide bonds.